The van der Waals surface area contributed by atoms with Crippen molar-refractivity contribution in [3.8, 4) is 12.3 Å². The highest BCUT2D eigenvalue weighted by Crippen LogP contribution is 2.09. The molecule has 0 bridgehead atoms. The Bertz CT molecular complexity index is 351. The fourth-order valence-corrected chi connectivity index (χ4v) is 1.12. The molecule has 2 N–H and O–H groups in total. The number of aliphatic hydroxyl groups excluding tert-OH is 1. The lowest BCUT2D eigenvalue weighted by molar-refractivity contribution is -0.0678. The highest BCUT2D eigenvalue weighted by Gasteiger charge is 2.27. The van der Waals surface area contributed by atoms with E-state index in [1.54, 1.807) is 0 Å². The van der Waals surface area contributed by atoms with Crippen LogP contribution in [0.2, 0.25) is 0 Å². The predicted molar refractivity (Wildman–Crippen MR) is 61.6 cm³/mol. The lowest BCUT2D eigenvalue weighted by Gasteiger charge is -2.23. The largest absolute Gasteiger partial charge is 0.387 e. The maximum atomic E-state index is 9.54. The molecule has 0 unspecified atom stereocenters. The van der Waals surface area contributed by atoms with E-state index >= 15 is 0 Å². The molecule has 0 amide bonds. The molecule has 3 heteroatoms. The Morgan fingerprint density at radius 1 is 1.44 bits per heavy atom. The summed E-state index contributed by atoms with van der Waals surface area (Å²) < 4.78 is 5.26. The van der Waals surface area contributed by atoms with Crippen LogP contribution in [-0.2, 0) is 11.3 Å². The summed E-state index contributed by atoms with van der Waals surface area (Å²) >= 11 is 0. The van der Waals surface area contributed by atoms with Gasteiger partial charge in [0.05, 0.1) is 13.2 Å². The SMILES string of the molecule is C#C[C@@](C)(O)[C@H](O)COCc1ccccc1. The summed E-state index contributed by atoms with van der Waals surface area (Å²) in [5.74, 6) is 2.12. The van der Waals surface area contributed by atoms with Crippen molar-refractivity contribution in [3.63, 3.8) is 0 Å². The van der Waals surface area contributed by atoms with Crippen LogP contribution >= 0.6 is 0 Å². The van der Waals surface area contributed by atoms with Gasteiger partial charge >= 0.3 is 0 Å². The molecular formula is C13H16O3. The molecule has 16 heavy (non-hydrogen) atoms. The minimum atomic E-state index is -1.54. The van der Waals surface area contributed by atoms with Crippen LogP contribution in [0, 0.1) is 12.3 Å². The number of terminal acetylenes is 1. The molecule has 0 aromatic heterocycles. The molecule has 1 aromatic rings. The first kappa shape index (κ1) is 12.7. The van der Waals surface area contributed by atoms with E-state index in [1.165, 1.54) is 6.92 Å². The molecular weight excluding hydrogens is 204 g/mol. The molecule has 86 valence electrons. The van der Waals surface area contributed by atoms with Crippen LogP contribution in [-0.4, -0.2) is 28.5 Å². The second-order valence-electron chi connectivity index (χ2n) is 3.81. The summed E-state index contributed by atoms with van der Waals surface area (Å²) in [6.45, 7) is 1.77. The van der Waals surface area contributed by atoms with E-state index in [-0.39, 0.29) is 6.61 Å². The second kappa shape index (κ2) is 5.66. The fourth-order valence-electron chi connectivity index (χ4n) is 1.12. The standard InChI is InChI=1S/C13H16O3/c1-3-13(2,15)12(14)10-16-9-11-7-5-4-6-8-11/h1,4-8,12,14-15H,9-10H2,2H3/t12-,13-/m1/s1. The first-order valence-corrected chi connectivity index (χ1v) is 5.06. The third-order valence-electron chi connectivity index (χ3n) is 2.33. The van der Waals surface area contributed by atoms with E-state index in [2.05, 4.69) is 5.92 Å². The molecule has 1 rings (SSSR count). The number of hydrogen-bond acceptors (Lipinski definition) is 3. The van der Waals surface area contributed by atoms with Crippen molar-refractivity contribution in [1.82, 2.24) is 0 Å². The van der Waals surface area contributed by atoms with E-state index in [4.69, 9.17) is 11.2 Å². The summed E-state index contributed by atoms with van der Waals surface area (Å²) in [7, 11) is 0. The summed E-state index contributed by atoms with van der Waals surface area (Å²) in [5.41, 5.74) is -0.536. The number of aliphatic hydroxyl groups is 2. The highest BCUT2D eigenvalue weighted by atomic mass is 16.5. The van der Waals surface area contributed by atoms with Gasteiger partial charge in [-0.1, -0.05) is 36.3 Å². The summed E-state index contributed by atoms with van der Waals surface area (Å²) in [4.78, 5) is 0. The number of benzene rings is 1. The zero-order chi connectivity index (χ0) is 12.0. The molecule has 0 aliphatic carbocycles. The van der Waals surface area contributed by atoms with Crippen molar-refractivity contribution in [1.29, 1.82) is 0 Å². The summed E-state index contributed by atoms with van der Waals surface area (Å²) in [6.07, 6.45) is 3.99. The van der Waals surface area contributed by atoms with Gasteiger partial charge < -0.3 is 14.9 Å². The Kier molecular flexibility index (Phi) is 4.51. The smallest absolute Gasteiger partial charge is 0.150 e. The molecule has 1 aromatic carbocycles. The molecule has 0 spiro atoms. The van der Waals surface area contributed by atoms with Crippen LogP contribution in [0.1, 0.15) is 12.5 Å². The third-order valence-corrected chi connectivity index (χ3v) is 2.33. The second-order valence-corrected chi connectivity index (χ2v) is 3.81. The van der Waals surface area contributed by atoms with Crippen molar-refractivity contribution < 1.29 is 14.9 Å². The van der Waals surface area contributed by atoms with Crippen LogP contribution in [0.4, 0.5) is 0 Å². The topological polar surface area (TPSA) is 49.7 Å². The fraction of sp³-hybridized carbons (Fsp3) is 0.385. The number of hydrogen-bond donors (Lipinski definition) is 2. The quantitative estimate of drug-likeness (QED) is 0.726. The highest BCUT2D eigenvalue weighted by molar-refractivity contribution is 5.13. The van der Waals surface area contributed by atoms with Gasteiger partial charge in [-0.15, -0.1) is 6.42 Å². The van der Waals surface area contributed by atoms with E-state index in [9.17, 15) is 10.2 Å². The zero-order valence-electron chi connectivity index (χ0n) is 9.26. The minimum Gasteiger partial charge on any atom is -0.387 e. The van der Waals surface area contributed by atoms with Gasteiger partial charge in [-0.3, -0.25) is 0 Å². The van der Waals surface area contributed by atoms with Gasteiger partial charge in [-0.05, 0) is 12.5 Å². The molecule has 0 aliphatic heterocycles. The Hall–Kier alpha value is -1.34. The normalized spacial score (nSPS) is 16.1. The molecule has 0 saturated carbocycles. The van der Waals surface area contributed by atoms with E-state index in [0.717, 1.165) is 5.56 Å². The van der Waals surface area contributed by atoms with Gasteiger partial charge in [0.1, 0.15) is 11.7 Å². The predicted octanol–water partition coefficient (Wildman–Crippen LogP) is 0.948. The Morgan fingerprint density at radius 3 is 2.62 bits per heavy atom. The molecule has 0 saturated heterocycles. The van der Waals surface area contributed by atoms with Crippen LogP contribution in [0.3, 0.4) is 0 Å². The average molecular weight is 220 g/mol. The Balaban J connectivity index is 2.35. The maximum Gasteiger partial charge on any atom is 0.150 e. The van der Waals surface area contributed by atoms with Crippen molar-refractivity contribution in [2.45, 2.75) is 25.2 Å². The van der Waals surface area contributed by atoms with Crippen LogP contribution in [0.25, 0.3) is 0 Å². The van der Waals surface area contributed by atoms with Crippen molar-refractivity contribution in [2.75, 3.05) is 6.61 Å². The van der Waals surface area contributed by atoms with E-state index in [1.807, 2.05) is 30.3 Å². The van der Waals surface area contributed by atoms with Crippen LogP contribution in [0.15, 0.2) is 30.3 Å². The minimum absolute atomic E-state index is 0.00605. The molecule has 0 fully saturated rings. The number of rotatable bonds is 5. The number of ether oxygens (including phenoxy) is 1. The third kappa shape index (κ3) is 3.67. The average Bonchev–Trinajstić information content (AvgIpc) is 2.30. The van der Waals surface area contributed by atoms with Gasteiger partial charge in [0.25, 0.3) is 0 Å². The van der Waals surface area contributed by atoms with Crippen molar-refractivity contribution in [2.24, 2.45) is 0 Å². The van der Waals surface area contributed by atoms with Gasteiger partial charge in [-0.2, -0.15) is 0 Å². The van der Waals surface area contributed by atoms with Crippen molar-refractivity contribution >= 4 is 0 Å². The Morgan fingerprint density at radius 2 is 2.06 bits per heavy atom. The van der Waals surface area contributed by atoms with Gasteiger partial charge in [-0.25, -0.2) is 0 Å². The van der Waals surface area contributed by atoms with Crippen LogP contribution < -0.4 is 0 Å². The Labute approximate surface area is 95.7 Å². The van der Waals surface area contributed by atoms with E-state index < -0.39 is 11.7 Å². The summed E-state index contributed by atoms with van der Waals surface area (Å²) in [5, 5.41) is 19.1. The molecule has 3 nitrogen and oxygen atoms in total. The lowest BCUT2D eigenvalue weighted by Crippen LogP contribution is -2.40. The maximum absolute atomic E-state index is 9.54. The zero-order valence-corrected chi connectivity index (χ0v) is 9.26. The van der Waals surface area contributed by atoms with E-state index in [0.29, 0.717) is 6.61 Å². The molecule has 0 radical (unpaired) electrons. The lowest BCUT2D eigenvalue weighted by atomic mass is 10.0. The van der Waals surface area contributed by atoms with Crippen LogP contribution in [0.5, 0.6) is 0 Å². The molecule has 0 heterocycles. The van der Waals surface area contributed by atoms with Gasteiger partial charge in [0, 0.05) is 0 Å². The molecule has 2 atom stereocenters. The van der Waals surface area contributed by atoms with Crippen molar-refractivity contribution in [3.05, 3.63) is 35.9 Å². The monoisotopic (exact) mass is 220 g/mol. The molecule has 0 aliphatic rings. The summed E-state index contributed by atoms with van der Waals surface area (Å²) in [6, 6.07) is 9.58. The van der Waals surface area contributed by atoms with Gasteiger partial charge in [0.15, 0.2) is 0 Å². The van der Waals surface area contributed by atoms with Gasteiger partial charge in [0.2, 0.25) is 0 Å². The first-order chi connectivity index (χ1) is 7.56. The first-order valence-electron chi connectivity index (χ1n) is 5.06.